The smallest absolute Gasteiger partial charge is 0.337 e. The highest BCUT2D eigenvalue weighted by molar-refractivity contribution is 8.04. The Morgan fingerprint density at radius 3 is 2.88 bits per heavy atom. The van der Waals surface area contributed by atoms with Gasteiger partial charge in [0.1, 0.15) is 5.03 Å². The van der Waals surface area contributed by atoms with Gasteiger partial charge in [0.05, 0.1) is 18.8 Å². The SMILES string of the molecule is CCOC(=O)C1=C(N=Cc2cccc(OCC)c2O)S[C@H]2CCCC[C@H]12. The summed E-state index contributed by atoms with van der Waals surface area (Å²) in [6, 6.07) is 5.31. The predicted molar refractivity (Wildman–Crippen MR) is 104 cm³/mol. The monoisotopic (exact) mass is 375 g/mol. The highest BCUT2D eigenvalue weighted by Gasteiger charge is 2.41. The number of carbonyl (C=O) groups is 1. The van der Waals surface area contributed by atoms with Gasteiger partial charge in [0.2, 0.25) is 0 Å². The van der Waals surface area contributed by atoms with E-state index in [0.717, 1.165) is 24.3 Å². The van der Waals surface area contributed by atoms with E-state index in [1.54, 1.807) is 30.1 Å². The molecule has 26 heavy (non-hydrogen) atoms. The molecule has 1 aromatic carbocycles. The molecular weight excluding hydrogens is 350 g/mol. The molecule has 6 heteroatoms. The number of fused-ring (bicyclic) bond motifs is 1. The van der Waals surface area contributed by atoms with Crippen LogP contribution in [0, 0.1) is 5.92 Å². The third kappa shape index (κ3) is 3.90. The van der Waals surface area contributed by atoms with Gasteiger partial charge < -0.3 is 14.6 Å². The van der Waals surface area contributed by atoms with E-state index in [9.17, 15) is 9.90 Å². The van der Waals surface area contributed by atoms with Crippen molar-refractivity contribution in [1.82, 2.24) is 0 Å². The van der Waals surface area contributed by atoms with Gasteiger partial charge in [0.25, 0.3) is 0 Å². The molecule has 0 aromatic heterocycles. The van der Waals surface area contributed by atoms with Crippen LogP contribution in [0.1, 0.15) is 45.1 Å². The molecule has 1 aliphatic carbocycles. The standard InChI is InChI=1S/C20H25NO4S/c1-3-24-15-10-7-8-13(18(15)22)12-21-19-17(20(23)25-4-2)14-9-5-6-11-16(14)26-19/h7-8,10,12,14,16,22H,3-6,9,11H2,1-2H3/t14-,16-/m0/s1. The highest BCUT2D eigenvalue weighted by atomic mass is 32.2. The molecule has 3 rings (SSSR count). The van der Waals surface area contributed by atoms with Gasteiger partial charge in [-0.05, 0) is 38.8 Å². The molecule has 5 nitrogen and oxygen atoms in total. The minimum Gasteiger partial charge on any atom is -0.504 e. The lowest BCUT2D eigenvalue weighted by Gasteiger charge is -2.25. The summed E-state index contributed by atoms with van der Waals surface area (Å²) in [5, 5.41) is 11.5. The van der Waals surface area contributed by atoms with Crippen LogP contribution in [0.15, 0.2) is 33.8 Å². The minimum atomic E-state index is -0.256. The largest absolute Gasteiger partial charge is 0.504 e. The molecule has 0 radical (unpaired) electrons. The summed E-state index contributed by atoms with van der Waals surface area (Å²) in [6.07, 6.45) is 6.05. The summed E-state index contributed by atoms with van der Waals surface area (Å²) in [5.41, 5.74) is 1.28. The van der Waals surface area contributed by atoms with Crippen molar-refractivity contribution >= 4 is 23.9 Å². The highest BCUT2D eigenvalue weighted by Crippen LogP contribution is 2.49. The molecule has 1 N–H and O–H groups in total. The molecule has 2 atom stereocenters. The second kappa shape index (κ2) is 8.62. The van der Waals surface area contributed by atoms with Crippen LogP contribution in [0.3, 0.4) is 0 Å². The first-order valence-electron chi connectivity index (χ1n) is 9.22. The van der Waals surface area contributed by atoms with Gasteiger partial charge in [-0.3, -0.25) is 0 Å². The molecule has 1 saturated carbocycles. The first-order chi connectivity index (χ1) is 12.7. The summed E-state index contributed by atoms with van der Waals surface area (Å²) in [6.45, 7) is 4.52. The van der Waals surface area contributed by atoms with E-state index in [4.69, 9.17) is 9.47 Å². The maximum atomic E-state index is 12.5. The fourth-order valence-corrected chi connectivity index (χ4v) is 5.01. The Kier molecular flexibility index (Phi) is 6.25. The molecule has 1 aliphatic heterocycles. The number of ether oxygens (including phenoxy) is 2. The number of phenolic OH excluding ortho intramolecular Hbond substituents is 1. The van der Waals surface area contributed by atoms with Gasteiger partial charge >= 0.3 is 5.97 Å². The Morgan fingerprint density at radius 2 is 2.12 bits per heavy atom. The van der Waals surface area contributed by atoms with Crippen molar-refractivity contribution in [2.45, 2.75) is 44.8 Å². The fourth-order valence-electron chi connectivity index (χ4n) is 3.52. The Morgan fingerprint density at radius 1 is 1.31 bits per heavy atom. The lowest BCUT2D eigenvalue weighted by Crippen LogP contribution is -2.24. The quantitative estimate of drug-likeness (QED) is 0.593. The topological polar surface area (TPSA) is 68.1 Å². The summed E-state index contributed by atoms with van der Waals surface area (Å²) in [7, 11) is 0. The van der Waals surface area contributed by atoms with Crippen molar-refractivity contribution in [2.75, 3.05) is 13.2 Å². The molecule has 1 heterocycles. The zero-order valence-corrected chi connectivity index (χ0v) is 16.1. The molecular formula is C20H25NO4S. The van der Waals surface area contributed by atoms with Crippen molar-refractivity contribution in [3.63, 3.8) is 0 Å². The molecule has 0 bridgehead atoms. The third-order valence-corrected chi connectivity index (χ3v) is 6.13. The predicted octanol–water partition coefficient (Wildman–Crippen LogP) is 4.29. The maximum Gasteiger partial charge on any atom is 0.337 e. The maximum absolute atomic E-state index is 12.5. The van der Waals surface area contributed by atoms with Crippen molar-refractivity contribution in [3.8, 4) is 11.5 Å². The van der Waals surface area contributed by atoms with E-state index in [0.29, 0.717) is 35.3 Å². The lowest BCUT2D eigenvalue weighted by molar-refractivity contribution is -0.139. The average molecular weight is 375 g/mol. The van der Waals surface area contributed by atoms with Gasteiger partial charge in [-0.15, -0.1) is 11.8 Å². The van der Waals surface area contributed by atoms with Crippen molar-refractivity contribution < 1.29 is 19.4 Å². The number of esters is 1. The van der Waals surface area contributed by atoms with Gasteiger partial charge in [-0.25, -0.2) is 9.79 Å². The van der Waals surface area contributed by atoms with Crippen LogP contribution >= 0.6 is 11.8 Å². The first kappa shape index (κ1) is 18.8. The number of phenols is 1. The third-order valence-electron chi connectivity index (χ3n) is 4.71. The molecule has 0 saturated heterocycles. The fraction of sp³-hybridized carbons (Fsp3) is 0.500. The molecule has 1 aromatic rings. The number of carbonyl (C=O) groups excluding carboxylic acids is 1. The Bertz CT molecular complexity index is 729. The molecule has 2 aliphatic rings. The van der Waals surface area contributed by atoms with Crippen LogP contribution in [0.4, 0.5) is 0 Å². The molecule has 140 valence electrons. The first-order valence-corrected chi connectivity index (χ1v) is 10.1. The summed E-state index contributed by atoms with van der Waals surface area (Å²) >= 11 is 1.66. The number of rotatable bonds is 6. The minimum absolute atomic E-state index is 0.0665. The van der Waals surface area contributed by atoms with Crippen molar-refractivity contribution in [2.24, 2.45) is 10.9 Å². The Balaban J connectivity index is 1.90. The number of benzene rings is 1. The van der Waals surface area contributed by atoms with Gasteiger partial charge in [-0.2, -0.15) is 0 Å². The number of hydrogen-bond acceptors (Lipinski definition) is 6. The van der Waals surface area contributed by atoms with E-state index in [2.05, 4.69) is 4.99 Å². The second-order valence-corrected chi connectivity index (χ2v) is 7.60. The van der Waals surface area contributed by atoms with E-state index in [1.165, 1.54) is 6.42 Å². The zero-order chi connectivity index (χ0) is 18.5. The number of aliphatic imine (C=N–C) groups is 1. The normalized spacial score (nSPS) is 22.5. The van der Waals surface area contributed by atoms with Crippen LogP contribution in [0.25, 0.3) is 0 Å². The van der Waals surface area contributed by atoms with Gasteiger partial charge in [0.15, 0.2) is 11.5 Å². The lowest BCUT2D eigenvalue weighted by atomic mass is 9.84. The van der Waals surface area contributed by atoms with E-state index >= 15 is 0 Å². The van der Waals surface area contributed by atoms with Crippen molar-refractivity contribution in [3.05, 3.63) is 34.4 Å². The van der Waals surface area contributed by atoms with Crippen LogP contribution in [0.2, 0.25) is 0 Å². The summed E-state index contributed by atoms with van der Waals surface area (Å²) < 4.78 is 10.7. The number of hydrogen-bond donors (Lipinski definition) is 1. The number of aromatic hydroxyl groups is 1. The Labute approximate surface area is 158 Å². The zero-order valence-electron chi connectivity index (χ0n) is 15.2. The molecule has 0 unspecified atom stereocenters. The molecule has 0 amide bonds. The number of nitrogens with zero attached hydrogens (tertiary/aromatic N) is 1. The summed E-state index contributed by atoms with van der Waals surface area (Å²) in [5.74, 6) is 0.470. The number of para-hydroxylation sites is 1. The van der Waals surface area contributed by atoms with Gasteiger partial charge in [-0.1, -0.05) is 18.9 Å². The molecule has 1 fully saturated rings. The van der Waals surface area contributed by atoms with E-state index in [-0.39, 0.29) is 17.6 Å². The van der Waals surface area contributed by atoms with Crippen LogP contribution in [-0.4, -0.2) is 35.8 Å². The Hall–Kier alpha value is -1.95. The average Bonchev–Trinajstić information content (AvgIpc) is 3.01. The number of thioether (sulfide) groups is 1. The van der Waals surface area contributed by atoms with E-state index in [1.807, 2.05) is 19.9 Å². The van der Waals surface area contributed by atoms with Gasteiger partial charge in [0, 0.05) is 22.9 Å². The van der Waals surface area contributed by atoms with Crippen LogP contribution in [0.5, 0.6) is 11.5 Å². The van der Waals surface area contributed by atoms with E-state index < -0.39 is 0 Å². The van der Waals surface area contributed by atoms with Crippen molar-refractivity contribution in [1.29, 1.82) is 0 Å². The second-order valence-electron chi connectivity index (χ2n) is 6.37. The summed E-state index contributed by atoms with van der Waals surface area (Å²) in [4.78, 5) is 17.1. The molecule has 0 spiro atoms. The van der Waals surface area contributed by atoms with Crippen LogP contribution < -0.4 is 4.74 Å². The van der Waals surface area contributed by atoms with Crippen LogP contribution in [-0.2, 0) is 9.53 Å².